The number of carbonyl (C=O) groups is 1. The van der Waals surface area contributed by atoms with Crippen LogP contribution < -0.4 is 10.9 Å². The average molecular weight is 376 g/mol. The topological polar surface area (TPSA) is 98.6 Å². The minimum absolute atomic E-state index is 0.0491. The van der Waals surface area contributed by atoms with Gasteiger partial charge in [0.1, 0.15) is 11.6 Å². The van der Waals surface area contributed by atoms with Gasteiger partial charge in [0.25, 0.3) is 5.56 Å². The minimum atomic E-state index is -0.524. The maximum absolute atomic E-state index is 12.4. The molecule has 27 heavy (non-hydrogen) atoms. The van der Waals surface area contributed by atoms with Gasteiger partial charge in [-0.25, -0.2) is 4.98 Å². The van der Waals surface area contributed by atoms with Gasteiger partial charge in [0, 0.05) is 11.3 Å². The largest absolute Gasteiger partial charge is 0.325 e. The van der Waals surface area contributed by atoms with Crippen molar-refractivity contribution in [3.63, 3.8) is 0 Å². The molecule has 2 N–H and O–H groups in total. The molecule has 2 aromatic carbocycles. The van der Waals surface area contributed by atoms with E-state index in [2.05, 4.69) is 15.3 Å². The van der Waals surface area contributed by atoms with Crippen molar-refractivity contribution in [1.29, 1.82) is 5.26 Å². The Hall–Kier alpha value is -3.37. The fraction of sp³-hybridized carbons (Fsp3) is 0.100. The van der Waals surface area contributed by atoms with E-state index in [4.69, 9.17) is 0 Å². The first-order chi connectivity index (χ1) is 13.1. The fourth-order valence-corrected chi connectivity index (χ4v) is 3.20. The Morgan fingerprint density at radius 1 is 1.15 bits per heavy atom. The van der Waals surface area contributed by atoms with E-state index in [-0.39, 0.29) is 16.6 Å². The molecule has 3 aromatic rings. The van der Waals surface area contributed by atoms with Crippen LogP contribution in [0.3, 0.4) is 0 Å². The summed E-state index contributed by atoms with van der Waals surface area (Å²) in [5, 5.41) is 11.9. The summed E-state index contributed by atoms with van der Waals surface area (Å²) in [5.74, 6) is -0.209. The van der Waals surface area contributed by atoms with E-state index in [1.165, 1.54) is 0 Å². The number of H-pyrrole nitrogens is 1. The minimum Gasteiger partial charge on any atom is -0.325 e. The molecular formula is C20H16N4O2S. The highest BCUT2D eigenvalue weighted by Crippen LogP contribution is 2.24. The number of aromatic nitrogens is 2. The van der Waals surface area contributed by atoms with Crippen molar-refractivity contribution < 1.29 is 4.79 Å². The normalized spacial score (nSPS) is 11.4. The van der Waals surface area contributed by atoms with Crippen molar-refractivity contribution in [3.8, 4) is 17.3 Å². The van der Waals surface area contributed by atoms with Gasteiger partial charge in [-0.05, 0) is 19.1 Å². The second kappa shape index (κ2) is 8.34. The molecule has 1 atom stereocenters. The van der Waals surface area contributed by atoms with Crippen LogP contribution in [0.5, 0.6) is 0 Å². The van der Waals surface area contributed by atoms with Crippen LogP contribution in [0.4, 0.5) is 5.69 Å². The average Bonchev–Trinajstić information content (AvgIpc) is 2.69. The standard InChI is InChI=1S/C20H16N4O2S/c1-13(18(25)22-15-10-6-3-7-11-15)27-20-23-17(14-8-4-2-5-9-14)16(12-21)19(26)24-20/h2-11,13H,1H3,(H,22,25)(H,23,24,26). The summed E-state index contributed by atoms with van der Waals surface area (Å²) in [6.07, 6.45) is 0. The van der Waals surface area contributed by atoms with E-state index in [0.717, 1.165) is 11.8 Å². The molecule has 0 aliphatic heterocycles. The van der Waals surface area contributed by atoms with Crippen molar-refractivity contribution in [3.05, 3.63) is 76.6 Å². The van der Waals surface area contributed by atoms with E-state index >= 15 is 0 Å². The van der Waals surface area contributed by atoms with E-state index in [0.29, 0.717) is 16.9 Å². The predicted octanol–water partition coefficient (Wildman–Crippen LogP) is 3.43. The Bertz CT molecular complexity index is 1040. The summed E-state index contributed by atoms with van der Waals surface area (Å²) in [7, 11) is 0. The zero-order chi connectivity index (χ0) is 19.2. The van der Waals surface area contributed by atoms with Crippen LogP contribution in [0.2, 0.25) is 0 Å². The quantitative estimate of drug-likeness (QED) is 0.525. The lowest BCUT2D eigenvalue weighted by Gasteiger charge is -2.12. The van der Waals surface area contributed by atoms with Gasteiger partial charge in [0.2, 0.25) is 5.91 Å². The van der Waals surface area contributed by atoms with Crippen LogP contribution in [-0.2, 0) is 4.79 Å². The zero-order valence-electron chi connectivity index (χ0n) is 14.5. The van der Waals surface area contributed by atoms with Crippen LogP contribution in [0.25, 0.3) is 11.3 Å². The van der Waals surface area contributed by atoms with Crippen molar-refractivity contribution in [2.45, 2.75) is 17.3 Å². The lowest BCUT2D eigenvalue weighted by atomic mass is 10.1. The van der Waals surface area contributed by atoms with E-state index < -0.39 is 10.8 Å². The number of aromatic amines is 1. The summed E-state index contributed by atoms with van der Waals surface area (Å²) in [4.78, 5) is 31.6. The highest BCUT2D eigenvalue weighted by molar-refractivity contribution is 8.00. The lowest BCUT2D eigenvalue weighted by molar-refractivity contribution is -0.115. The highest BCUT2D eigenvalue weighted by Gasteiger charge is 2.19. The summed E-state index contributed by atoms with van der Waals surface area (Å²) < 4.78 is 0. The van der Waals surface area contributed by atoms with Crippen molar-refractivity contribution >= 4 is 23.4 Å². The van der Waals surface area contributed by atoms with Gasteiger partial charge in [-0.3, -0.25) is 9.59 Å². The molecule has 0 bridgehead atoms. The molecule has 1 amide bonds. The first-order valence-corrected chi connectivity index (χ1v) is 9.09. The molecule has 0 spiro atoms. The predicted molar refractivity (Wildman–Crippen MR) is 105 cm³/mol. The Balaban J connectivity index is 1.85. The number of benzene rings is 2. The van der Waals surface area contributed by atoms with Crippen LogP contribution in [-0.4, -0.2) is 21.1 Å². The molecule has 3 rings (SSSR count). The fourth-order valence-electron chi connectivity index (χ4n) is 2.40. The zero-order valence-corrected chi connectivity index (χ0v) is 15.3. The number of amides is 1. The Morgan fingerprint density at radius 3 is 2.41 bits per heavy atom. The SMILES string of the molecule is CC(Sc1nc(-c2ccccc2)c(C#N)c(=O)[nH]1)C(=O)Nc1ccccc1. The number of nitrogens with one attached hydrogen (secondary N) is 2. The molecule has 134 valence electrons. The molecule has 1 heterocycles. The van der Waals surface area contributed by atoms with Gasteiger partial charge < -0.3 is 10.3 Å². The van der Waals surface area contributed by atoms with E-state index in [1.807, 2.05) is 42.5 Å². The highest BCUT2D eigenvalue weighted by atomic mass is 32.2. The van der Waals surface area contributed by atoms with Gasteiger partial charge >= 0.3 is 0 Å². The Morgan fingerprint density at radius 2 is 1.78 bits per heavy atom. The van der Waals surface area contributed by atoms with Crippen molar-refractivity contribution in [2.24, 2.45) is 0 Å². The molecule has 1 aromatic heterocycles. The summed E-state index contributed by atoms with van der Waals surface area (Å²) in [6, 6.07) is 20.0. The molecule has 7 heteroatoms. The lowest BCUT2D eigenvalue weighted by Crippen LogP contribution is -2.23. The number of anilines is 1. The number of nitriles is 1. The number of para-hydroxylation sites is 1. The number of hydrogen-bond acceptors (Lipinski definition) is 5. The smallest absolute Gasteiger partial charge is 0.270 e. The monoisotopic (exact) mass is 376 g/mol. The number of nitrogens with zero attached hydrogens (tertiary/aromatic N) is 2. The second-order valence-corrected chi connectivity index (χ2v) is 7.02. The summed E-state index contributed by atoms with van der Waals surface area (Å²) >= 11 is 1.12. The number of rotatable bonds is 5. The second-order valence-electron chi connectivity index (χ2n) is 5.69. The van der Waals surface area contributed by atoms with Gasteiger partial charge in [-0.1, -0.05) is 60.3 Å². The number of hydrogen-bond donors (Lipinski definition) is 2. The van der Waals surface area contributed by atoms with Crippen molar-refractivity contribution in [1.82, 2.24) is 9.97 Å². The Kier molecular flexibility index (Phi) is 5.69. The van der Waals surface area contributed by atoms with Crippen LogP contribution in [0.15, 0.2) is 70.6 Å². The molecule has 0 radical (unpaired) electrons. The molecule has 0 fully saturated rings. The number of thioether (sulfide) groups is 1. The van der Waals surface area contributed by atoms with E-state index in [9.17, 15) is 14.9 Å². The van der Waals surface area contributed by atoms with Crippen LogP contribution in [0.1, 0.15) is 12.5 Å². The van der Waals surface area contributed by atoms with Gasteiger partial charge in [0.15, 0.2) is 5.16 Å². The summed E-state index contributed by atoms with van der Waals surface area (Å²) in [6.45, 7) is 1.73. The number of carbonyl (C=O) groups excluding carboxylic acids is 1. The Labute approximate surface area is 160 Å². The third kappa shape index (κ3) is 4.43. The maximum Gasteiger partial charge on any atom is 0.270 e. The third-order valence-corrected chi connectivity index (χ3v) is 4.74. The summed E-state index contributed by atoms with van der Waals surface area (Å²) in [5.41, 5.74) is 1.10. The molecule has 0 saturated carbocycles. The molecule has 6 nitrogen and oxygen atoms in total. The van der Waals surface area contributed by atoms with Gasteiger partial charge in [-0.15, -0.1) is 0 Å². The van der Waals surface area contributed by atoms with E-state index in [1.54, 1.807) is 31.2 Å². The van der Waals surface area contributed by atoms with Gasteiger partial charge in [0.05, 0.1) is 10.9 Å². The van der Waals surface area contributed by atoms with Crippen molar-refractivity contribution in [2.75, 3.05) is 5.32 Å². The maximum atomic E-state index is 12.4. The molecule has 0 saturated heterocycles. The third-order valence-electron chi connectivity index (χ3n) is 3.76. The molecule has 0 aliphatic carbocycles. The molecular weight excluding hydrogens is 360 g/mol. The molecule has 0 aliphatic rings. The first kappa shape index (κ1) is 18.4. The van der Waals surface area contributed by atoms with Crippen LogP contribution in [0, 0.1) is 11.3 Å². The molecule has 1 unspecified atom stereocenters. The van der Waals surface area contributed by atoms with Crippen LogP contribution >= 0.6 is 11.8 Å². The first-order valence-electron chi connectivity index (χ1n) is 8.21. The van der Waals surface area contributed by atoms with Gasteiger partial charge in [-0.2, -0.15) is 5.26 Å².